The van der Waals surface area contributed by atoms with E-state index < -0.39 is 47.5 Å². The fourth-order valence-corrected chi connectivity index (χ4v) is 14.0. The number of rotatable bonds is 20. The number of carbonyl (C=O) groups is 6. The monoisotopic (exact) mass is 1320 g/mol. The van der Waals surface area contributed by atoms with Gasteiger partial charge in [-0.15, -0.1) is 0 Å². The van der Waals surface area contributed by atoms with Crippen LogP contribution in [0.25, 0.3) is 43.1 Å². The highest BCUT2D eigenvalue weighted by Crippen LogP contribution is 2.58. The molecule has 0 bridgehead atoms. The predicted octanol–water partition coefficient (Wildman–Crippen LogP) is 17.9. The summed E-state index contributed by atoms with van der Waals surface area (Å²) in [5.74, 6) is -2.00. The maximum Gasteiger partial charge on any atom is 0.262 e. The molecule has 2 aliphatic heterocycles. The lowest BCUT2D eigenvalue weighted by molar-refractivity contribution is -0.135. The average Bonchev–Trinajstić information content (AvgIpc) is 0.671. The molecule has 0 N–H and O–H groups in total. The fourth-order valence-electron chi connectivity index (χ4n) is 14.0. The Hall–Kier alpha value is -12.4. The van der Waals surface area contributed by atoms with Gasteiger partial charge in [0.25, 0.3) is 23.6 Å². The Kier molecular flexibility index (Phi) is 16.7. The summed E-state index contributed by atoms with van der Waals surface area (Å²) in [6.07, 6.45) is -0.0471. The molecule has 14 heteroatoms. The molecule has 2 unspecified atom stereocenters. The maximum atomic E-state index is 16.5. The van der Waals surface area contributed by atoms with Crippen LogP contribution in [0.2, 0.25) is 0 Å². The van der Waals surface area contributed by atoms with Gasteiger partial charge in [-0.1, -0.05) is 192 Å². The summed E-state index contributed by atoms with van der Waals surface area (Å²) >= 11 is 0. The zero-order valence-electron chi connectivity index (χ0n) is 55.9. The molecule has 2 atom stereocenters. The molecular weight excluding hydrogens is 1250 g/mol. The lowest BCUT2D eigenvalue weighted by atomic mass is 9.80. The van der Waals surface area contributed by atoms with Gasteiger partial charge in [0.2, 0.25) is 11.8 Å². The minimum Gasteiger partial charge on any atom is -0.457 e. The van der Waals surface area contributed by atoms with Crippen LogP contribution in [0.15, 0.2) is 243 Å². The Morgan fingerprint density at radius 1 is 0.310 bits per heavy atom. The standard InChI is InChI=1S/C86H68N4O10/c1-51-27-35-59(36-28-51)97-69-45-63-73-64(82(92)89(81(63)91)67(43-55-19-11-7-12-20-55)85(95)87(5)49-57-23-15-9-16-24-57)47-71(99-61-39-31-53(3)32-40-61)77-78-72(100-62-41-33-54(4)34-42-62)48-66-74-65(46-70(76(80(74)78)75(69)79(73)77)98-60-37-29-52(2)30-38-60)83(93)90(84(66)94)68(44-56-21-13-8-14-22-56)86(96)88(6)50-58-25-17-10-18-26-58/h7-42,45-48,67-68H,43-44,49-50H2,1-6H3. The summed E-state index contributed by atoms with van der Waals surface area (Å²) in [6, 6.07) is 71.1. The van der Waals surface area contributed by atoms with E-state index in [4.69, 9.17) is 18.9 Å². The van der Waals surface area contributed by atoms with E-state index in [9.17, 15) is 0 Å². The van der Waals surface area contributed by atoms with Crippen LogP contribution in [0.3, 0.4) is 0 Å². The number of nitrogens with zero attached hydrogens (tertiary/aromatic N) is 4. The number of hydrogen-bond acceptors (Lipinski definition) is 10. The van der Waals surface area contributed by atoms with Gasteiger partial charge in [-0.3, -0.25) is 38.6 Å². The molecule has 13 aromatic rings. The maximum absolute atomic E-state index is 16.5. The molecule has 0 saturated carbocycles. The minimum absolute atomic E-state index is 0.0236. The average molecular weight is 1320 g/mol. The van der Waals surface area contributed by atoms with E-state index in [2.05, 4.69) is 0 Å². The van der Waals surface area contributed by atoms with E-state index in [-0.39, 0.29) is 82.0 Å². The Bertz CT molecular complexity index is 4820. The van der Waals surface area contributed by atoms with Gasteiger partial charge in [0, 0.05) is 83.1 Å². The number of benzene rings is 13. The molecule has 0 aliphatic carbocycles. The highest BCUT2D eigenvalue weighted by atomic mass is 16.5. The molecule has 0 saturated heterocycles. The number of fused-ring (bicyclic) bond motifs is 2. The number of amides is 6. The van der Waals surface area contributed by atoms with Crippen molar-refractivity contribution >= 4 is 78.5 Å². The molecule has 100 heavy (non-hydrogen) atoms. The first-order valence-corrected chi connectivity index (χ1v) is 33.3. The van der Waals surface area contributed by atoms with Crippen LogP contribution >= 0.6 is 0 Å². The first kappa shape index (κ1) is 63.6. The summed E-state index contributed by atoms with van der Waals surface area (Å²) in [5, 5.41) is 2.34. The zero-order valence-corrected chi connectivity index (χ0v) is 55.9. The van der Waals surface area contributed by atoms with Crippen molar-refractivity contribution < 1.29 is 47.7 Å². The Morgan fingerprint density at radius 2 is 0.540 bits per heavy atom. The number of aryl methyl sites for hydroxylation is 4. The number of likely N-dealkylation sites (N-methyl/N-ethyl adjacent to an activating group) is 2. The molecule has 492 valence electrons. The van der Waals surface area contributed by atoms with Crippen LogP contribution in [-0.4, -0.2) is 81.2 Å². The first-order valence-electron chi connectivity index (χ1n) is 33.3. The quantitative estimate of drug-likeness (QED) is 0.0409. The minimum atomic E-state index is -1.36. The van der Waals surface area contributed by atoms with Gasteiger partial charge in [-0.05, 0) is 123 Å². The molecule has 2 heterocycles. The third-order valence-corrected chi connectivity index (χ3v) is 19.0. The number of carbonyl (C=O) groups excluding carboxylic acids is 6. The van der Waals surface area contributed by atoms with E-state index >= 15 is 28.8 Å². The van der Waals surface area contributed by atoms with Crippen molar-refractivity contribution in [3.05, 3.63) is 309 Å². The molecule has 0 fully saturated rings. The molecule has 0 aromatic heterocycles. The van der Waals surface area contributed by atoms with E-state index in [1.807, 2.05) is 246 Å². The van der Waals surface area contributed by atoms with Crippen LogP contribution in [0.4, 0.5) is 0 Å². The van der Waals surface area contributed by atoms with Crippen LogP contribution < -0.4 is 18.9 Å². The molecule has 6 amide bonds. The first-order chi connectivity index (χ1) is 48.5. The van der Waals surface area contributed by atoms with Crippen LogP contribution in [0.1, 0.15) is 85.9 Å². The van der Waals surface area contributed by atoms with Crippen molar-refractivity contribution in [2.45, 2.75) is 65.7 Å². The lowest BCUT2D eigenvalue weighted by Gasteiger charge is -2.37. The van der Waals surface area contributed by atoms with Crippen LogP contribution in [-0.2, 0) is 35.5 Å². The van der Waals surface area contributed by atoms with Crippen molar-refractivity contribution in [2.75, 3.05) is 14.1 Å². The smallest absolute Gasteiger partial charge is 0.262 e. The third kappa shape index (κ3) is 11.8. The number of ether oxygens (including phenoxy) is 4. The largest absolute Gasteiger partial charge is 0.457 e. The van der Waals surface area contributed by atoms with E-state index in [0.717, 1.165) is 43.2 Å². The van der Waals surface area contributed by atoms with E-state index in [1.54, 1.807) is 38.4 Å². The van der Waals surface area contributed by atoms with Crippen molar-refractivity contribution in [3.8, 4) is 46.0 Å². The fraction of sp³-hybridized carbons (Fsp3) is 0.140. The Morgan fingerprint density at radius 3 is 0.780 bits per heavy atom. The molecule has 13 aromatic carbocycles. The van der Waals surface area contributed by atoms with Crippen molar-refractivity contribution in [3.63, 3.8) is 0 Å². The summed E-state index contributed by atoms with van der Waals surface area (Å²) in [6.45, 7) is 8.20. The van der Waals surface area contributed by atoms with Crippen LogP contribution in [0, 0.1) is 27.7 Å². The van der Waals surface area contributed by atoms with Gasteiger partial charge in [0.1, 0.15) is 58.1 Å². The van der Waals surface area contributed by atoms with Crippen LogP contribution in [0.5, 0.6) is 46.0 Å². The van der Waals surface area contributed by atoms with Crippen molar-refractivity contribution in [2.24, 2.45) is 0 Å². The highest BCUT2D eigenvalue weighted by Gasteiger charge is 2.47. The molecule has 0 spiro atoms. The second-order valence-corrected chi connectivity index (χ2v) is 26.1. The number of imide groups is 2. The van der Waals surface area contributed by atoms with E-state index in [1.165, 1.54) is 9.80 Å². The van der Waals surface area contributed by atoms with Crippen molar-refractivity contribution in [1.29, 1.82) is 0 Å². The Labute approximate surface area is 578 Å². The Balaban J connectivity index is 1.06. The second kappa shape index (κ2) is 26.2. The lowest BCUT2D eigenvalue weighted by Crippen LogP contribution is -2.55. The summed E-state index contributed by atoms with van der Waals surface area (Å²) in [7, 11) is 3.33. The summed E-state index contributed by atoms with van der Waals surface area (Å²) in [4.78, 5) is 102. The van der Waals surface area contributed by atoms with Gasteiger partial charge >= 0.3 is 0 Å². The van der Waals surface area contributed by atoms with Gasteiger partial charge in [0.15, 0.2) is 0 Å². The second-order valence-electron chi connectivity index (χ2n) is 26.1. The summed E-state index contributed by atoms with van der Waals surface area (Å²) < 4.78 is 29.0. The van der Waals surface area contributed by atoms with E-state index in [0.29, 0.717) is 66.4 Å². The number of hydrogen-bond donors (Lipinski definition) is 0. The SMILES string of the molecule is Cc1ccc(Oc2cc3c4c(cc(Oc5ccc(C)cc5)c5c6c(Oc7ccc(C)cc7)cc7c8c(cc(Oc9ccc(C)cc9)c(c2c45)c86)C(=O)N(C(Cc2ccccc2)C(=O)N(C)Cc2ccccc2)C7=O)C(=O)N(C(Cc2ccccc2)C(=O)N(C)Cc2ccccc2)C3=O)cc1. The van der Waals surface area contributed by atoms with Gasteiger partial charge in [-0.25, -0.2) is 0 Å². The summed E-state index contributed by atoms with van der Waals surface area (Å²) in [5.41, 5.74) is 7.08. The molecule has 2 aliphatic rings. The molecular formula is C86H68N4O10. The zero-order chi connectivity index (χ0) is 69.0. The normalized spacial score (nSPS) is 13.3. The molecule has 0 radical (unpaired) electrons. The molecule has 15 rings (SSSR count). The van der Waals surface area contributed by atoms with Crippen molar-refractivity contribution in [1.82, 2.24) is 19.6 Å². The molecule has 14 nitrogen and oxygen atoms in total. The van der Waals surface area contributed by atoms with Gasteiger partial charge in [-0.2, -0.15) is 0 Å². The highest BCUT2D eigenvalue weighted by molar-refractivity contribution is 6.45. The predicted molar refractivity (Wildman–Crippen MR) is 387 cm³/mol. The third-order valence-electron chi connectivity index (χ3n) is 19.0. The topological polar surface area (TPSA) is 152 Å². The van der Waals surface area contributed by atoms with Gasteiger partial charge in [0.05, 0.1) is 22.3 Å². The van der Waals surface area contributed by atoms with Gasteiger partial charge < -0.3 is 28.7 Å².